The largest absolute Gasteiger partial charge is 0.385 e. The van der Waals surface area contributed by atoms with Crippen LogP contribution in [0.25, 0.3) is 0 Å². The predicted octanol–water partition coefficient (Wildman–Crippen LogP) is 4.13. The summed E-state index contributed by atoms with van der Waals surface area (Å²) in [4.78, 5) is 12.6. The lowest BCUT2D eigenvalue weighted by molar-refractivity contribution is 0.0920. The minimum absolute atomic E-state index is 0.0661. The Kier molecular flexibility index (Phi) is 5.66. The van der Waals surface area contributed by atoms with Crippen LogP contribution in [0.2, 0.25) is 0 Å². The maximum Gasteiger partial charge on any atom is 0.253 e. The van der Waals surface area contributed by atoms with E-state index in [0.29, 0.717) is 6.04 Å². The van der Waals surface area contributed by atoms with E-state index in [1.807, 2.05) is 25.1 Å². The standard InChI is InChI=1S/C18H28N2O/c1-4-14-7-6-8-15(12-14)20-18(21)16-11-13(3)9-10-17(16)19-5-2/h9-11,14-15,19H,4-8,12H2,1-3H3,(H,20,21). The van der Waals surface area contributed by atoms with Gasteiger partial charge in [-0.1, -0.05) is 37.8 Å². The number of hydrogen-bond acceptors (Lipinski definition) is 2. The molecule has 116 valence electrons. The first-order chi connectivity index (χ1) is 10.1. The molecule has 1 aromatic rings. The number of rotatable bonds is 5. The molecule has 1 aliphatic carbocycles. The molecule has 21 heavy (non-hydrogen) atoms. The monoisotopic (exact) mass is 288 g/mol. The van der Waals surface area contributed by atoms with E-state index in [4.69, 9.17) is 0 Å². The minimum Gasteiger partial charge on any atom is -0.385 e. The first kappa shape index (κ1) is 15.9. The van der Waals surface area contributed by atoms with Crippen molar-refractivity contribution in [3.8, 4) is 0 Å². The molecule has 2 atom stereocenters. The first-order valence-electron chi connectivity index (χ1n) is 8.29. The molecule has 0 radical (unpaired) electrons. The molecule has 0 aliphatic heterocycles. The summed E-state index contributed by atoms with van der Waals surface area (Å²) in [5.74, 6) is 0.839. The molecule has 0 spiro atoms. The van der Waals surface area contributed by atoms with Gasteiger partial charge in [0.25, 0.3) is 5.91 Å². The molecule has 0 aromatic heterocycles. The van der Waals surface area contributed by atoms with Crippen LogP contribution in [0.15, 0.2) is 18.2 Å². The highest BCUT2D eigenvalue weighted by atomic mass is 16.1. The SMILES string of the molecule is CCNc1ccc(C)cc1C(=O)NC1CCCC(CC)C1. The Labute approximate surface area is 128 Å². The van der Waals surface area contributed by atoms with Gasteiger partial charge in [0.2, 0.25) is 0 Å². The normalized spacial score (nSPS) is 21.9. The third kappa shape index (κ3) is 4.23. The number of hydrogen-bond donors (Lipinski definition) is 2. The van der Waals surface area contributed by atoms with Crippen LogP contribution in [0.3, 0.4) is 0 Å². The van der Waals surface area contributed by atoms with E-state index in [0.717, 1.165) is 42.1 Å². The maximum atomic E-state index is 12.6. The van der Waals surface area contributed by atoms with Gasteiger partial charge in [-0.05, 0) is 44.7 Å². The van der Waals surface area contributed by atoms with Crippen molar-refractivity contribution in [3.05, 3.63) is 29.3 Å². The van der Waals surface area contributed by atoms with Gasteiger partial charge in [-0.3, -0.25) is 4.79 Å². The summed E-state index contributed by atoms with van der Waals surface area (Å²) in [6.45, 7) is 7.15. The molecule has 1 aromatic carbocycles. The summed E-state index contributed by atoms with van der Waals surface area (Å²) in [5.41, 5.74) is 2.83. The van der Waals surface area contributed by atoms with E-state index in [1.165, 1.54) is 19.3 Å². The molecule has 1 aliphatic rings. The summed E-state index contributed by atoms with van der Waals surface area (Å²) in [5, 5.41) is 6.53. The van der Waals surface area contributed by atoms with Crippen molar-refractivity contribution in [3.63, 3.8) is 0 Å². The van der Waals surface area contributed by atoms with Gasteiger partial charge < -0.3 is 10.6 Å². The molecular formula is C18H28N2O. The maximum absolute atomic E-state index is 12.6. The molecule has 0 heterocycles. The Morgan fingerprint density at radius 1 is 1.29 bits per heavy atom. The topological polar surface area (TPSA) is 41.1 Å². The van der Waals surface area contributed by atoms with Crippen molar-refractivity contribution in [1.82, 2.24) is 5.32 Å². The molecule has 0 bridgehead atoms. The predicted molar refractivity (Wildman–Crippen MR) is 88.8 cm³/mol. The molecule has 1 amide bonds. The van der Waals surface area contributed by atoms with Crippen molar-refractivity contribution in [1.29, 1.82) is 0 Å². The van der Waals surface area contributed by atoms with Gasteiger partial charge in [-0.2, -0.15) is 0 Å². The Bertz CT molecular complexity index is 484. The Morgan fingerprint density at radius 2 is 2.10 bits per heavy atom. The van der Waals surface area contributed by atoms with E-state index in [-0.39, 0.29) is 5.91 Å². The Morgan fingerprint density at radius 3 is 2.81 bits per heavy atom. The third-order valence-electron chi connectivity index (χ3n) is 4.48. The zero-order chi connectivity index (χ0) is 15.2. The average molecular weight is 288 g/mol. The van der Waals surface area contributed by atoms with Crippen molar-refractivity contribution in [2.45, 2.75) is 58.9 Å². The van der Waals surface area contributed by atoms with Crippen molar-refractivity contribution in [2.75, 3.05) is 11.9 Å². The second-order valence-electron chi connectivity index (χ2n) is 6.19. The molecule has 1 saturated carbocycles. The summed E-state index contributed by atoms with van der Waals surface area (Å²) >= 11 is 0. The van der Waals surface area contributed by atoms with E-state index >= 15 is 0 Å². The second-order valence-corrected chi connectivity index (χ2v) is 6.19. The van der Waals surface area contributed by atoms with E-state index in [1.54, 1.807) is 0 Å². The molecular weight excluding hydrogens is 260 g/mol. The summed E-state index contributed by atoms with van der Waals surface area (Å²) in [6.07, 6.45) is 6.02. The van der Waals surface area contributed by atoms with Crippen LogP contribution >= 0.6 is 0 Å². The van der Waals surface area contributed by atoms with Crippen molar-refractivity contribution in [2.24, 2.45) is 5.92 Å². The minimum atomic E-state index is 0.0661. The average Bonchev–Trinajstić information content (AvgIpc) is 2.49. The van der Waals surface area contributed by atoms with Crippen molar-refractivity contribution < 1.29 is 4.79 Å². The number of carbonyl (C=O) groups is 1. The highest BCUT2D eigenvalue weighted by Gasteiger charge is 2.23. The number of nitrogens with one attached hydrogen (secondary N) is 2. The molecule has 0 saturated heterocycles. The van der Waals surface area contributed by atoms with Crippen LogP contribution in [-0.2, 0) is 0 Å². The zero-order valence-electron chi connectivity index (χ0n) is 13.5. The molecule has 3 heteroatoms. The molecule has 2 unspecified atom stereocenters. The highest BCUT2D eigenvalue weighted by Crippen LogP contribution is 2.27. The van der Waals surface area contributed by atoms with E-state index in [2.05, 4.69) is 24.5 Å². The van der Waals surface area contributed by atoms with Gasteiger partial charge in [0.05, 0.1) is 5.56 Å². The van der Waals surface area contributed by atoms with E-state index in [9.17, 15) is 4.79 Å². The number of aryl methyl sites for hydroxylation is 1. The van der Waals surface area contributed by atoms with Crippen LogP contribution in [-0.4, -0.2) is 18.5 Å². The van der Waals surface area contributed by atoms with E-state index < -0.39 is 0 Å². The van der Waals surface area contributed by atoms with Crippen LogP contribution in [0.1, 0.15) is 61.9 Å². The third-order valence-corrected chi connectivity index (χ3v) is 4.48. The summed E-state index contributed by atoms with van der Waals surface area (Å²) in [7, 11) is 0. The van der Waals surface area contributed by atoms with Gasteiger partial charge in [0.1, 0.15) is 0 Å². The highest BCUT2D eigenvalue weighted by molar-refractivity contribution is 6.00. The number of amides is 1. The van der Waals surface area contributed by atoms with Gasteiger partial charge in [0, 0.05) is 18.3 Å². The van der Waals surface area contributed by atoms with Gasteiger partial charge in [0.15, 0.2) is 0 Å². The lowest BCUT2D eigenvalue weighted by atomic mass is 9.84. The zero-order valence-corrected chi connectivity index (χ0v) is 13.5. The molecule has 2 N–H and O–H groups in total. The number of carbonyl (C=O) groups excluding carboxylic acids is 1. The smallest absolute Gasteiger partial charge is 0.253 e. The van der Waals surface area contributed by atoms with Crippen LogP contribution in [0.5, 0.6) is 0 Å². The lowest BCUT2D eigenvalue weighted by Gasteiger charge is -2.29. The summed E-state index contributed by atoms with van der Waals surface area (Å²) in [6, 6.07) is 6.37. The lowest BCUT2D eigenvalue weighted by Crippen LogP contribution is -2.38. The van der Waals surface area contributed by atoms with Crippen LogP contribution in [0.4, 0.5) is 5.69 Å². The van der Waals surface area contributed by atoms with Gasteiger partial charge in [-0.15, -0.1) is 0 Å². The van der Waals surface area contributed by atoms with Gasteiger partial charge >= 0.3 is 0 Å². The fraction of sp³-hybridized carbons (Fsp3) is 0.611. The Hall–Kier alpha value is -1.51. The van der Waals surface area contributed by atoms with Crippen LogP contribution in [0, 0.1) is 12.8 Å². The Balaban J connectivity index is 2.07. The fourth-order valence-electron chi connectivity index (χ4n) is 3.25. The fourth-order valence-corrected chi connectivity index (χ4v) is 3.25. The van der Waals surface area contributed by atoms with Gasteiger partial charge in [-0.25, -0.2) is 0 Å². The quantitative estimate of drug-likeness (QED) is 0.855. The second kappa shape index (κ2) is 7.48. The first-order valence-corrected chi connectivity index (χ1v) is 8.29. The number of anilines is 1. The summed E-state index contributed by atoms with van der Waals surface area (Å²) < 4.78 is 0. The van der Waals surface area contributed by atoms with Crippen molar-refractivity contribution >= 4 is 11.6 Å². The molecule has 1 fully saturated rings. The molecule has 2 rings (SSSR count). The number of benzene rings is 1. The van der Waals surface area contributed by atoms with Crippen LogP contribution < -0.4 is 10.6 Å². The molecule has 3 nitrogen and oxygen atoms in total.